The Hall–Kier alpha value is -3.23. The zero-order valence-corrected chi connectivity index (χ0v) is 13.5. The fourth-order valence-electron chi connectivity index (χ4n) is 2.15. The van der Waals surface area contributed by atoms with Gasteiger partial charge in [-0.3, -0.25) is 19.6 Å². The Bertz CT molecular complexity index is 780. The van der Waals surface area contributed by atoms with Crippen molar-refractivity contribution in [1.29, 1.82) is 0 Å². The molecule has 0 saturated carbocycles. The number of rotatable bonds is 6. The number of nitrogens with one attached hydrogen (secondary N) is 1. The van der Waals surface area contributed by atoms with Crippen molar-refractivity contribution in [3.05, 3.63) is 51.3 Å². The van der Waals surface area contributed by atoms with Gasteiger partial charge in [-0.05, 0) is 43.7 Å². The van der Waals surface area contributed by atoms with Crippen LogP contribution in [0.15, 0.2) is 29.4 Å². The van der Waals surface area contributed by atoms with Gasteiger partial charge in [0.15, 0.2) is 0 Å². The minimum Gasteiger partial charge on any atom is -0.497 e. The molecule has 0 unspecified atom stereocenters. The van der Waals surface area contributed by atoms with Crippen molar-refractivity contribution < 1.29 is 14.5 Å². The second-order valence-electron chi connectivity index (χ2n) is 5.00. The molecular formula is C15H17N5O4. The third-order valence-corrected chi connectivity index (χ3v) is 3.34. The summed E-state index contributed by atoms with van der Waals surface area (Å²) in [4.78, 5) is 22.3. The van der Waals surface area contributed by atoms with Gasteiger partial charge in [0.1, 0.15) is 23.7 Å². The van der Waals surface area contributed by atoms with Gasteiger partial charge in [0.25, 0.3) is 5.91 Å². The summed E-state index contributed by atoms with van der Waals surface area (Å²) in [7, 11) is 1.58. The van der Waals surface area contributed by atoms with Crippen LogP contribution in [0, 0.1) is 24.0 Å². The molecule has 9 heteroatoms. The molecular weight excluding hydrogens is 314 g/mol. The van der Waals surface area contributed by atoms with Crippen molar-refractivity contribution in [3.8, 4) is 5.75 Å². The molecule has 1 aromatic heterocycles. The minimum absolute atomic E-state index is 0.0791. The molecule has 0 aliphatic carbocycles. The monoisotopic (exact) mass is 331 g/mol. The highest BCUT2D eigenvalue weighted by Crippen LogP contribution is 2.21. The first-order valence-electron chi connectivity index (χ1n) is 7.06. The molecule has 0 aliphatic rings. The lowest BCUT2D eigenvalue weighted by molar-refractivity contribution is -0.386. The number of aromatic nitrogens is 2. The van der Waals surface area contributed by atoms with E-state index in [1.54, 1.807) is 38.3 Å². The Labute approximate surface area is 138 Å². The predicted molar refractivity (Wildman–Crippen MR) is 87.1 cm³/mol. The predicted octanol–water partition coefficient (Wildman–Crippen LogP) is 1.57. The molecule has 0 saturated heterocycles. The van der Waals surface area contributed by atoms with Gasteiger partial charge < -0.3 is 4.74 Å². The lowest BCUT2D eigenvalue weighted by Crippen LogP contribution is -2.24. The summed E-state index contributed by atoms with van der Waals surface area (Å²) in [6.07, 6.45) is 1.49. The van der Waals surface area contributed by atoms with Gasteiger partial charge in [-0.2, -0.15) is 10.2 Å². The molecule has 9 nitrogen and oxygen atoms in total. The number of benzene rings is 1. The van der Waals surface area contributed by atoms with Crippen LogP contribution in [0.25, 0.3) is 0 Å². The fraction of sp³-hybridized carbons (Fsp3) is 0.267. The smallest absolute Gasteiger partial charge is 0.312 e. The first-order valence-corrected chi connectivity index (χ1v) is 7.06. The summed E-state index contributed by atoms with van der Waals surface area (Å²) in [5.74, 6) is 0.294. The van der Waals surface area contributed by atoms with Crippen LogP contribution in [0.2, 0.25) is 0 Å². The number of carbonyl (C=O) groups is 1. The van der Waals surface area contributed by atoms with E-state index in [2.05, 4.69) is 15.6 Å². The van der Waals surface area contributed by atoms with Crippen LogP contribution in [0.4, 0.5) is 5.69 Å². The summed E-state index contributed by atoms with van der Waals surface area (Å²) < 4.78 is 6.33. The lowest BCUT2D eigenvalue weighted by Gasteiger charge is -2.02. The van der Waals surface area contributed by atoms with Crippen molar-refractivity contribution in [2.45, 2.75) is 20.4 Å². The van der Waals surface area contributed by atoms with Gasteiger partial charge in [0, 0.05) is 0 Å². The molecule has 0 spiro atoms. The number of hydrazone groups is 1. The molecule has 1 N–H and O–H groups in total. The van der Waals surface area contributed by atoms with E-state index in [1.807, 2.05) is 0 Å². The van der Waals surface area contributed by atoms with Crippen LogP contribution in [-0.2, 0) is 11.3 Å². The molecule has 0 fully saturated rings. The quantitative estimate of drug-likeness (QED) is 0.490. The topological polar surface area (TPSA) is 112 Å². The molecule has 0 radical (unpaired) electrons. The second kappa shape index (κ2) is 7.36. The van der Waals surface area contributed by atoms with E-state index in [-0.39, 0.29) is 17.9 Å². The van der Waals surface area contributed by atoms with Crippen LogP contribution in [0.1, 0.15) is 17.0 Å². The Morgan fingerprint density at radius 2 is 2.08 bits per heavy atom. The largest absolute Gasteiger partial charge is 0.497 e. The van der Waals surface area contributed by atoms with Gasteiger partial charge in [-0.15, -0.1) is 0 Å². The van der Waals surface area contributed by atoms with Crippen molar-refractivity contribution in [3.63, 3.8) is 0 Å². The van der Waals surface area contributed by atoms with Crippen molar-refractivity contribution in [2.75, 3.05) is 7.11 Å². The molecule has 24 heavy (non-hydrogen) atoms. The van der Waals surface area contributed by atoms with E-state index in [1.165, 1.54) is 17.8 Å². The van der Waals surface area contributed by atoms with Crippen LogP contribution in [0.3, 0.4) is 0 Å². The number of ether oxygens (including phenoxy) is 1. The number of hydrogen-bond acceptors (Lipinski definition) is 6. The summed E-state index contributed by atoms with van der Waals surface area (Å²) in [6.45, 7) is 2.92. The molecule has 0 aliphatic heterocycles. The van der Waals surface area contributed by atoms with E-state index in [4.69, 9.17) is 4.74 Å². The third kappa shape index (κ3) is 3.94. The molecule has 126 valence electrons. The molecule has 1 heterocycles. The molecule has 0 bridgehead atoms. The minimum atomic E-state index is -0.506. The van der Waals surface area contributed by atoms with Crippen LogP contribution >= 0.6 is 0 Å². The number of aryl methyl sites for hydroxylation is 1. The van der Waals surface area contributed by atoms with E-state index < -0.39 is 10.8 Å². The summed E-state index contributed by atoms with van der Waals surface area (Å²) in [6, 6.07) is 7.13. The van der Waals surface area contributed by atoms with Crippen LogP contribution in [-0.4, -0.2) is 33.9 Å². The number of nitrogens with zero attached hydrogens (tertiary/aromatic N) is 4. The van der Waals surface area contributed by atoms with Gasteiger partial charge in [-0.25, -0.2) is 5.43 Å². The van der Waals surface area contributed by atoms with Crippen LogP contribution in [0.5, 0.6) is 5.75 Å². The maximum absolute atomic E-state index is 11.9. The zero-order chi connectivity index (χ0) is 17.7. The normalized spacial score (nSPS) is 10.8. The lowest BCUT2D eigenvalue weighted by atomic mass is 10.2. The maximum Gasteiger partial charge on any atom is 0.312 e. The molecule has 1 amide bonds. The van der Waals surface area contributed by atoms with E-state index in [0.29, 0.717) is 5.69 Å². The summed E-state index contributed by atoms with van der Waals surface area (Å²) >= 11 is 0. The number of amides is 1. The SMILES string of the molecule is COc1ccc(/C=N\NC(=O)Cn2nc(C)c([N+](=O)[O-])c2C)cc1. The number of methoxy groups -OCH3 is 1. The van der Waals surface area contributed by atoms with E-state index in [9.17, 15) is 14.9 Å². The molecule has 0 atom stereocenters. The van der Waals surface area contributed by atoms with Crippen molar-refractivity contribution >= 4 is 17.8 Å². The number of hydrogen-bond donors (Lipinski definition) is 1. The molecule has 2 aromatic rings. The Balaban J connectivity index is 1.97. The Morgan fingerprint density at radius 3 is 2.62 bits per heavy atom. The fourth-order valence-corrected chi connectivity index (χ4v) is 2.15. The highest BCUT2D eigenvalue weighted by molar-refractivity contribution is 5.82. The molecule has 2 rings (SSSR count). The zero-order valence-electron chi connectivity index (χ0n) is 13.5. The van der Waals surface area contributed by atoms with Crippen molar-refractivity contribution in [1.82, 2.24) is 15.2 Å². The average Bonchev–Trinajstić information content (AvgIpc) is 2.82. The van der Waals surface area contributed by atoms with Gasteiger partial charge >= 0.3 is 5.69 Å². The Kier molecular flexibility index (Phi) is 5.25. The average molecular weight is 331 g/mol. The second-order valence-corrected chi connectivity index (χ2v) is 5.00. The van der Waals surface area contributed by atoms with E-state index >= 15 is 0 Å². The number of carbonyl (C=O) groups excluding carboxylic acids is 1. The first kappa shape index (κ1) is 17.1. The Morgan fingerprint density at radius 1 is 1.42 bits per heavy atom. The van der Waals surface area contributed by atoms with E-state index in [0.717, 1.165) is 11.3 Å². The van der Waals surface area contributed by atoms with Gasteiger partial charge in [-0.1, -0.05) is 0 Å². The highest BCUT2D eigenvalue weighted by atomic mass is 16.6. The summed E-state index contributed by atoms with van der Waals surface area (Å²) in [5, 5.41) is 18.8. The number of nitro groups is 1. The third-order valence-electron chi connectivity index (χ3n) is 3.34. The van der Waals surface area contributed by atoms with Gasteiger partial charge in [0.05, 0.1) is 18.2 Å². The summed E-state index contributed by atoms with van der Waals surface area (Å²) in [5.41, 5.74) is 3.67. The molecule has 1 aromatic carbocycles. The van der Waals surface area contributed by atoms with Crippen molar-refractivity contribution in [2.24, 2.45) is 5.10 Å². The maximum atomic E-state index is 11.9. The van der Waals surface area contributed by atoms with Crippen LogP contribution < -0.4 is 10.2 Å². The highest BCUT2D eigenvalue weighted by Gasteiger charge is 2.22. The van der Waals surface area contributed by atoms with Gasteiger partial charge in [0.2, 0.25) is 0 Å². The first-order chi connectivity index (χ1) is 11.4. The standard InChI is InChI=1S/C15H17N5O4/c1-10-15(20(22)23)11(2)19(18-10)9-14(21)17-16-8-12-4-6-13(24-3)7-5-12/h4-8H,9H2,1-3H3,(H,17,21)/b16-8-.